The van der Waals surface area contributed by atoms with Gasteiger partial charge in [-0.2, -0.15) is 0 Å². The van der Waals surface area contributed by atoms with Crippen molar-refractivity contribution in [1.82, 2.24) is 10.5 Å². The van der Waals surface area contributed by atoms with Crippen molar-refractivity contribution >= 4 is 23.5 Å². The Hall–Kier alpha value is -2.41. The van der Waals surface area contributed by atoms with Gasteiger partial charge in [-0.25, -0.2) is 9.18 Å². The number of hydrogen-bond donors (Lipinski definition) is 1. The number of aryl methyl sites for hydroxylation is 1. The molecule has 134 valence electrons. The summed E-state index contributed by atoms with van der Waals surface area (Å²) in [5, 5.41) is 6.43. The van der Waals surface area contributed by atoms with Crippen molar-refractivity contribution in [1.29, 1.82) is 0 Å². The molecule has 2 rings (SSSR count). The lowest BCUT2D eigenvalue weighted by Gasteiger charge is -2.07. The van der Waals surface area contributed by atoms with Gasteiger partial charge in [-0.1, -0.05) is 36.2 Å². The van der Waals surface area contributed by atoms with Gasteiger partial charge in [0.1, 0.15) is 22.8 Å². The summed E-state index contributed by atoms with van der Waals surface area (Å²) in [6, 6.07) is 4.11. The van der Waals surface area contributed by atoms with Crippen LogP contribution in [0.1, 0.15) is 35.9 Å². The number of carbonyl (C=O) groups excluding carboxylic acids is 2. The monoisotopic (exact) mass is 368 g/mol. The number of benzene rings is 1. The maximum absolute atomic E-state index is 14.1. The standard InChI is InChI=1S/C17H18ClFN2O4/c1-3-4-8-20-13(22)9-24-17(23)14-10(2)25-21-16(14)15-11(18)6-5-7-12(15)19/h5-7H,3-4,8-9H2,1-2H3,(H,20,22). The number of aromatic nitrogens is 1. The van der Waals surface area contributed by atoms with E-state index in [0.29, 0.717) is 6.54 Å². The van der Waals surface area contributed by atoms with Crippen molar-refractivity contribution in [2.45, 2.75) is 26.7 Å². The van der Waals surface area contributed by atoms with Crippen LogP contribution in [-0.2, 0) is 9.53 Å². The number of amides is 1. The van der Waals surface area contributed by atoms with Crippen LogP contribution in [0.2, 0.25) is 5.02 Å². The van der Waals surface area contributed by atoms with Gasteiger partial charge >= 0.3 is 5.97 Å². The van der Waals surface area contributed by atoms with Crippen molar-refractivity contribution in [3.8, 4) is 11.3 Å². The first-order valence-electron chi connectivity index (χ1n) is 7.80. The number of unbranched alkanes of at least 4 members (excludes halogenated alkanes) is 1. The molecule has 0 aliphatic carbocycles. The molecule has 1 aromatic carbocycles. The molecule has 0 unspecified atom stereocenters. The zero-order valence-electron chi connectivity index (χ0n) is 13.9. The third kappa shape index (κ3) is 4.57. The molecule has 2 aromatic rings. The van der Waals surface area contributed by atoms with Crippen molar-refractivity contribution in [2.75, 3.05) is 13.2 Å². The largest absolute Gasteiger partial charge is 0.452 e. The molecule has 0 bridgehead atoms. The van der Waals surface area contributed by atoms with Crippen molar-refractivity contribution in [2.24, 2.45) is 0 Å². The molecule has 0 aliphatic heterocycles. The van der Waals surface area contributed by atoms with Gasteiger partial charge in [0.2, 0.25) is 0 Å². The molecule has 0 saturated carbocycles. The minimum absolute atomic E-state index is 0.0552. The number of halogens is 2. The minimum Gasteiger partial charge on any atom is -0.452 e. The Kier molecular flexibility index (Phi) is 6.52. The van der Waals surface area contributed by atoms with E-state index in [1.165, 1.54) is 25.1 Å². The van der Waals surface area contributed by atoms with Crippen LogP contribution in [0.25, 0.3) is 11.3 Å². The highest BCUT2D eigenvalue weighted by molar-refractivity contribution is 6.33. The average molecular weight is 369 g/mol. The number of hydrogen-bond acceptors (Lipinski definition) is 5. The molecule has 1 aromatic heterocycles. The van der Waals surface area contributed by atoms with E-state index in [2.05, 4.69) is 10.5 Å². The van der Waals surface area contributed by atoms with Crippen LogP contribution in [0.4, 0.5) is 4.39 Å². The van der Waals surface area contributed by atoms with E-state index < -0.39 is 24.3 Å². The summed E-state index contributed by atoms with van der Waals surface area (Å²) >= 11 is 6.01. The number of nitrogens with zero attached hydrogens (tertiary/aromatic N) is 1. The molecule has 6 nitrogen and oxygen atoms in total. The summed E-state index contributed by atoms with van der Waals surface area (Å²) in [4.78, 5) is 23.9. The van der Waals surface area contributed by atoms with E-state index in [1.54, 1.807) is 0 Å². The van der Waals surface area contributed by atoms with Gasteiger partial charge in [0.15, 0.2) is 6.61 Å². The van der Waals surface area contributed by atoms with Crippen molar-refractivity contribution in [3.63, 3.8) is 0 Å². The van der Waals surface area contributed by atoms with E-state index in [0.717, 1.165) is 12.8 Å². The third-order valence-electron chi connectivity index (χ3n) is 3.45. The quantitative estimate of drug-likeness (QED) is 0.597. The second-order valence-corrected chi connectivity index (χ2v) is 5.75. The zero-order valence-corrected chi connectivity index (χ0v) is 14.7. The normalized spacial score (nSPS) is 10.6. The van der Waals surface area contributed by atoms with Gasteiger partial charge in [0.25, 0.3) is 5.91 Å². The Morgan fingerprint density at radius 1 is 1.40 bits per heavy atom. The minimum atomic E-state index is -0.835. The van der Waals surface area contributed by atoms with Crippen LogP contribution in [0.15, 0.2) is 22.7 Å². The van der Waals surface area contributed by atoms with E-state index in [4.69, 9.17) is 20.9 Å². The molecule has 0 spiro atoms. The molecule has 0 saturated heterocycles. The summed E-state index contributed by atoms with van der Waals surface area (Å²) in [7, 11) is 0. The molecule has 1 heterocycles. The summed E-state index contributed by atoms with van der Waals surface area (Å²) in [6.07, 6.45) is 1.77. The van der Waals surface area contributed by atoms with Gasteiger partial charge in [-0.15, -0.1) is 0 Å². The summed E-state index contributed by atoms with van der Waals surface area (Å²) in [5.74, 6) is -1.75. The molecule has 0 aliphatic rings. The molecule has 25 heavy (non-hydrogen) atoms. The zero-order chi connectivity index (χ0) is 18.4. The third-order valence-corrected chi connectivity index (χ3v) is 3.77. The average Bonchev–Trinajstić information content (AvgIpc) is 2.94. The molecule has 1 amide bonds. The van der Waals surface area contributed by atoms with E-state index >= 15 is 0 Å². The Morgan fingerprint density at radius 3 is 2.84 bits per heavy atom. The molecular weight excluding hydrogens is 351 g/mol. The lowest BCUT2D eigenvalue weighted by atomic mass is 10.1. The molecule has 0 radical (unpaired) electrons. The Morgan fingerprint density at radius 2 is 2.16 bits per heavy atom. The summed E-state index contributed by atoms with van der Waals surface area (Å²) < 4.78 is 24.1. The number of esters is 1. The first-order chi connectivity index (χ1) is 12.0. The first-order valence-corrected chi connectivity index (χ1v) is 8.18. The number of carbonyl (C=O) groups is 2. The van der Waals surface area contributed by atoms with Gasteiger partial charge in [-0.3, -0.25) is 4.79 Å². The highest BCUT2D eigenvalue weighted by Gasteiger charge is 2.26. The van der Waals surface area contributed by atoms with E-state index in [-0.39, 0.29) is 27.6 Å². The van der Waals surface area contributed by atoms with Crippen LogP contribution < -0.4 is 5.32 Å². The topological polar surface area (TPSA) is 81.4 Å². The highest BCUT2D eigenvalue weighted by atomic mass is 35.5. The predicted molar refractivity (Wildman–Crippen MR) is 89.8 cm³/mol. The SMILES string of the molecule is CCCCNC(=O)COC(=O)c1c(-c2c(F)cccc2Cl)noc1C. The van der Waals surface area contributed by atoms with Gasteiger partial charge in [0.05, 0.1) is 10.6 Å². The second-order valence-electron chi connectivity index (χ2n) is 5.34. The van der Waals surface area contributed by atoms with Gasteiger partial charge in [-0.05, 0) is 25.5 Å². The van der Waals surface area contributed by atoms with Gasteiger partial charge < -0.3 is 14.6 Å². The fraction of sp³-hybridized carbons (Fsp3) is 0.353. The van der Waals surface area contributed by atoms with Crippen molar-refractivity contribution < 1.29 is 23.2 Å². The molecular formula is C17H18ClFN2O4. The van der Waals surface area contributed by atoms with E-state index in [9.17, 15) is 14.0 Å². The van der Waals surface area contributed by atoms with E-state index in [1.807, 2.05) is 6.92 Å². The molecule has 0 fully saturated rings. The smallest absolute Gasteiger partial charge is 0.344 e. The fourth-order valence-corrected chi connectivity index (χ4v) is 2.42. The number of ether oxygens (including phenoxy) is 1. The molecule has 1 N–H and O–H groups in total. The Bertz CT molecular complexity index is 756. The molecule has 0 atom stereocenters. The number of rotatable bonds is 7. The molecule has 8 heteroatoms. The van der Waals surface area contributed by atoms with Gasteiger partial charge in [0, 0.05) is 6.54 Å². The van der Waals surface area contributed by atoms with Crippen LogP contribution in [0.5, 0.6) is 0 Å². The maximum atomic E-state index is 14.1. The van der Waals surface area contributed by atoms with Crippen LogP contribution in [0.3, 0.4) is 0 Å². The summed E-state index contributed by atoms with van der Waals surface area (Å²) in [5.41, 5.74) is -0.175. The predicted octanol–water partition coefficient (Wildman–Crippen LogP) is 3.52. The second kappa shape index (κ2) is 8.62. The van der Waals surface area contributed by atoms with Crippen LogP contribution in [0, 0.1) is 12.7 Å². The summed E-state index contributed by atoms with van der Waals surface area (Å²) in [6.45, 7) is 3.55. The van der Waals surface area contributed by atoms with Crippen LogP contribution >= 0.6 is 11.6 Å². The Balaban J connectivity index is 2.16. The fourth-order valence-electron chi connectivity index (χ4n) is 2.17. The Labute approximate surface area is 149 Å². The maximum Gasteiger partial charge on any atom is 0.344 e. The number of nitrogens with one attached hydrogen (secondary N) is 1. The lowest BCUT2D eigenvalue weighted by Crippen LogP contribution is -2.29. The van der Waals surface area contributed by atoms with Crippen LogP contribution in [-0.4, -0.2) is 30.2 Å². The lowest BCUT2D eigenvalue weighted by molar-refractivity contribution is -0.124. The van der Waals surface area contributed by atoms with Crippen molar-refractivity contribution in [3.05, 3.63) is 40.4 Å². The first kappa shape index (κ1) is 18.9. The highest BCUT2D eigenvalue weighted by Crippen LogP contribution is 2.33.